The first-order chi connectivity index (χ1) is 9.45. The smallest absolute Gasteiger partial charge is 0.308 e. The molecule has 7 nitrogen and oxygen atoms in total. The van der Waals surface area contributed by atoms with Gasteiger partial charge in [-0.05, 0) is 19.8 Å². The Morgan fingerprint density at radius 3 is 2.65 bits per heavy atom. The molecule has 0 aromatic rings. The molecule has 20 heavy (non-hydrogen) atoms. The molecular weight excluding hydrogens is 264 g/mol. The molecule has 0 aromatic heterocycles. The first-order valence-electron chi connectivity index (χ1n) is 6.79. The fourth-order valence-electron chi connectivity index (χ4n) is 2.01. The van der Waals surface area contributed by atoms with Crippen molar-refractivity contribution in [2.75, 3.05) is 19.8 Å². The predicted molar refractivity (Wildman–Crippen MR) is 70.5 cm³/mol. The second-order valence-corrected chi connectivity index (χ2v) is 4.91. The molecular formula is C13H22N2O5. The number of carbonyl (C=O) groups is 3. The van der Waals surface area contributed by atoms with Gasteiger partial charge >= 0.3 is 5.97 Å². The minimum Gasteiger partial charge on any atom is -0.466 e. The average molecular weight is 286 g/mol. The number of nitrogens with two attached hydrogens (primary N) is 1. The van der Waals surface area contributed by atoms with Crippen molar-refractivity contribution in [2.24, 2.45) is 17.6 Å². The quantitative estimate of drug-likeness (QED) is 0.618. The molecule has 7 heteroatoms. The number of hydrogen-bond donors (Lipinski definition) is 2. The Morgan fingerprint density at radius 2 is 2.15 bits per heavy atom. The first kappa shape index (κ1) is 16.4. The number of rotatable bonds is 7. The van der Waals surface area contributed by atoms with Crippen LogP contribution in [0.3, 0.4) is 0 Å². The molecule has 1 aliphatic rings. The number of nitrogens with one attached hydrogen (secondary N) is 1. The molecule has 0 radical (unpaired) electrons. The number of hydrogen-bond acceptors (Lipinski definition) is 5. The molecule has 1 heterocycles. The van der Waals surface area contributed by atoms with Crippen LogP contribution in [-0.2, 0) is 23.9 Å². The monoisotopic (exact) mass is 286 g/mol. The molecule has 0 spiro atoms. The van der Waals surface area contributed by atoms with Crippen molar-refractivity contribution >= 4 is 17.8 Å². The fraction of sp³-hybridized carbons (Fsp3) is 0.769. The lowest BCUT2D eigenvalue weighted by Gasteiger charge is -2.20. The van der Waals surface area contributed by atoms with Gasteiger partial charge in [-0.25, -0.2) is 0 Å². The summed E-state index contributed by atoms with van der Waals surface area (Å²) in [5.41, 5.74) is 5.27. The molecule has 1 rings (SSSR count). The number of carbonyl (C=O) groups excluding carboxylic acids is 3. The van der Waals surface area contributed by atoms with Crippen molar-refractivity contribution in [3.63, 3.8) is 0 Å². The van der Waals surface area contributed by atoms with Crippen LogP contribution in [0.25, 0.3) is 0 Å². The minimum atomic E-state index is -0.873. The minimum absolute atomic E-state index is 0.132. The lowest BCUT2D eigenvalue weighted by Crippen LogP contribution is -2.48. The number of primary amides is 1. The molecule has 114 valence electrons. The molecule has 0 bridgehead atoms. The number of ether oxygens (including phenoxy) is 2. The van der Waals surface area contributed by atoms with E-state index in [4.69, 9.17) is 15.2 Å². The van der Waals surface area contributed by atoms with E-state index in [0.29, 0.717) is 19.6 Å². The summed E-state index contributed by atoms with van der Waals surface area (Å²) >= 11 is 0. The van der Waals surface area contributed by atoms with E-state index < -0.39 is 23.8 Å². The van der Waals surface area contributed by atoms with E-state index in [1.54, 1.807) is 13.8 Å². The zero-order valence-electron chi connectivity index (χ0n) is 11.9. The Balaban J connectivity index is 2.53. The van der Waals surface area contributed by atoms with Crippen LogP contribution in [0, 0.1) is 11.8 Å². The third-order valence-corrected chi connectivity index (χ3v) is 3.24. The zero-order chi connectivity index (χ0) is 15.1. The highest BCUT2D eigenvalue weighted by Crippen LogP contribution is 2.14. The highest BCUT2D eigenvalue weighted by atomic mass is 16.5. The first-order valence-corrected chi connectivity index (χ1v) is 6.79. The fourth-order valence-corrected chi connectivity index (χ4v) is 2.01. The van der Waals surface area contributed by atoms with Crippen LogP contribution in [0.4, 0.5) is 0 Å². The highest BCUT2D eigenvalue weighted by Gasteiger charge is 2.29. The summed E-state index contributed by atoms with van der Waals surface area (Å²) in [5.74, 6) is -2.09. The maximum atomic E-state index is 11.9. The second-order valence-electron chi connectivity index (χ2n) is 4.91. The third kappa shape index (κ3) is 4.80. The summed E-state index contributed by atoms with van der Waals surface area (Å²) in [6, 6.07) is -0.873. The van der Waals surface area contributed by atoms with Crippen LogP contribution < -0.4 is 11.1 Å². The molecule has 3 atom stereocenters. The normalized spacial score (nSPS) is 21.0. The van der Waals surface area contributed by atoms with Crippen LogP contribution in [0.15, 0.2) is 0 Å². The average Bonchev–Trinajstić information content (AvgIpc) is 2.91. The van der Waals surface area contributed by atoms with Gasteiger partial charge < -0.3 is 20.5 Å². The van der Waals surface area contributed by atoms with Gasteiger partial charge in [0.15, 0.2) is 0 Å². The van der Waals surface area contributed by atoms with Gasteiger partial charge in [-0.1, -0.05) is 6.92 Å². The molecule has 0 aromatic carbocycles. The molecule has 0 aliphatic carbocycles. The van der Waals surface area contributed by atoms with Gasteiger partial charge in [0, 0.05) is 6.61 Å². The van der Waals surface area contributed by atoms with Crippen molar-refractivity contribution in [3.8, 4) is 0 Å². The van der Waals surface area contributed by atoms with Gasteiger partial charge in [0.25, 0.3) is 0 Å². The molecule has 3 N–H and O–H groups in total. The summed E-state index contributed by atoms with van der Waals surface area (Å²) in [6.45, 7) is 4.51. The molecule has 0 saturated carbocycles. The van der Waals surface area contributed by atoms with Crippen LogP contribution in [0.1, 0.15) is 26.7 Å². The van der Waals surface area contributed by atoms with Gasteiger partial charge in [0.05, 0.1) is 25.0 Å². The van der Waals surface area contributed by atoms with Crippen LogP contribution in [0.5, 0.6) is 0 Å². The summed E-state index contributed by atoms with van der Waals surface area (Å²) in [4.78, 5) is 34.8. The van der Waals surface area contributed by atoms with Crippen molar-refractivity contribution in [1.29, 1.82) is 0 Å². The number of amides is 2. The number of esters is 1. The van der Waals surface area contributed by atoms with Gasteiger partial charge in [-0.2, -0.15) is 0 Å². The maximum absolute atomic E-state index is 11.9. The summed E-state index contributed by atoms with van der Waals surface area (Å²) < 4.78 is 9.99. The molecule has 2 amide bonds. The Morgan fingerprint density at radius 1 is 1.45 bits per heavy atom. The highest BCUT2D eigenvalue weighted by molar-refractivity contribution is 5.88. The van der Waals surface area contributed by atoms with Crippen LogP contribution in [0.2, 0.25) is 0 Å². The van der Waals surface area contributed by atoms with Crippen molar-refractivity contribution < 1.29 is 23.9 Å². The Labute approximate surface area is 118 Å². The largest absolute Gasteiger partial charge is 0.466 e. The van der Waals surface area contributed by atoms with E-state index >= 15 is 0 Å². The van der Waals surface area contributed by atoms with Crippen molar-refractivity contribution in [1.82, 2.24) is 5.32 Å². The van der Waals surface area contributed by atoms with Crippen LogP contribution >= 0.6 is 0 Å². The lowest BCUT2D eigenvalue weighted by molar-refractivity contribution is -0.148. The standard InChI is InChI=1S/C13H22N2O5/c1-3-20-13(18)8(2)6-10(11(14)16)15-12(17)9-4-5-19-7-9/h8-10H,3-7H2,1-2H3,(H2,14,16)(H,15,17)/t8-,9+,10-/m0/s1. The maximum Gasteiger partial charge on any atom is 0.308 e. The van der Waals surface area contributed by atoms with E-state index in [9.17, 15) is 14.4 Å². The van der Waals surface area contributed by atoms with Gasteiger partial charge in [-0.15, -0.1) is 0 Å². The van der Waals surface area contributed by atoms with Crippen molar-refractivity contribution in [2.45, 2.75) is 32.7 Å². The SMILES string of the molecule is CCOC(=O)[C@@H](C)C[C@H](NC(=O)[C@@H]1CCOC1)C(N)=O. The summed E-state index contributed by atoms with van der Waals surface area (Å²) in [6.07, 6.45) is 0.762. The van der Waals surface area contributed by atoms with Gasteiger partial charge in [0.1, 0.15) is 6.04 Å². The van der Waals surface area contributed by atoms with E-state index in [0.717, 1.165) is 0 Å². The predicted octanol–water partition coefficient (Wildman–Crippen LogP) is -0.418. The van der Waals surface area contributed by atoms with E-state index in [2.05, 4.69) is 5.32 Å². The lowest BCUT2D eigenvalue weighted by atomic mass is 10.00. The van der Waals surface area contributed by atoms with E-state index in [1.807, 2.05) is 0 Å². The van der Waals surface area contributed by atoms with Gasteiger partial charge in [-0.3, -0.25) is 14.4 Å². The molecule has 1 fully saturated rings. The summed E-state index contributed by atoms with van der Waals surface area (Å²) in [5, 5.41) is 2.59. The van der Waals surface area contributed by atoms with Gasteiger partial charge in [0.2, 0.25) is 11.8 Å². The Hall–Kier alpha value is -1.63. The Bertz CT molecular complexity index is 366. The van der Waals surface area contributed by atoms with Crippen LogP contribution in [-0.4, -0.2) is 43.6 Å². The zero-order valence-corrected chi connectivity index (χ0v) is 11.9. The van der Waals surface area contributed by atoms with E-state index in [1.165, 1.54) is 0 Å². The van der Waals surface area contributed by atoms with E-state index in [-0.39, 0.29) is 24.9 Å². The third-order valence-electron chi connectivity index (χ3n) is 3.24. The summed E-state index contributed by atoms with van der Waals surface area (Å²) in [7, 11) is 0. The van der Waals surface area contributed by atoms with Crippen molar-refractivity contribution in [3.05, 3.63) is 0 Å². The molecule has 0 unspecified atom stereocenters. The Kier molecular flexibility index (Phi) is 6.44. The molecule has 1 aliphatic heterocycles. The molecule has 1 saturated heterocycles. The topological polar surface area (TPSA) is 108 Å². The second kappa shape index (κ2) is 7.84.